The second-order valence-electron chi connectivity index (χ2n) is 20.8. The van der Waals surface area contributed by atoms with Crippen LogP contribution in [0.25, 0.3) is 0 Å². The van der Waals surface area contributed by atoms with Crippen LogP contribution in [0, 0.1) is 0 Å². The van der Waals surface area contributed by atoms with Crippen LogP contribution in [0.3, 0.4) is 0 Å². The van der Waals surface area contributed by atoms with Gasteiger partial charge in [0, 0.05) is 6.42 Å². The number of hydrogen-bond donors (Lipinski definition) is 9. The highest BCUT2D eigenvalue weighted by atomic mass is 16.7. The number of carbonyl (C=O) groups excluding carboxylic acids is 1. The fourth-order valence-corrected chi connectivity index (χ4v) is 9.89. The topological polar surface area (TPSA) is 228 Å². The van der Waals surface area contributed by atoms with Crippen molar-refractivity contribution in [1.82, 2.24) is 5.32 Å². The van der Waals surface area contributed by atoms with Gasteiger partial charge in [0.1, 0.15) is 48.8 Å². The number of amides is 1. The van der Waals surface area contributed by atoms with E-state index in [-0.39, 0.29) is 12.5 Å². The van der Waals surface area contributed by atoms with Crippen LogP contribution < -0.4 is 5.32 Å². The first-order valence-corrected chi connectivity index (χ1v) is 28.8. The molecule has 0 aromatic rings. The molecule has 2 heterocycles. The molecular formula is C55H107NO13. The van der Waals surface area contributed by atoms with Crippen LogP contribution in [-0.2, 0) is 23.7 Å². The summed E-state index contributed by atoms with van der Waals surface area (Å²) in [7, 11) is 0. The molecule has 410 valence electrons. The van der Waals surface area contributed by atoms with E-state index in [1.807, 2.05) is 0 Å². The fourth-order valence-electron chi connectivity index (χ4n) is 9.89. The van der Waals surface area contributed by atoms with E-state index in [9.17, 15) is 45.6 Å². The Labute approximate surface area is 419 Å². The predicted molar refractivity (Wildman–Crippen MR) is 272 cm³/mol. The van der Waals surface area contributed by atoms with E-state index < -0.39 is 86.8 Å². The van der Waals surface area contributed by atoms with Crippen molar-refractivity contribution in [2.45, 2.75) is 325 Å². The Hall–Kier alpha value is -1.01. The first-order valence-electron chi connectivity index (χ1n) is 28.8. The molecular weight excluding hydrogens is 883 g/mol. The summed E-state index contributed by atoms with van der Waals surface area (Å²) in [6.45, 7) is 2.80. The van der Waals surface area contributed by atoms with Crippen molar-refractivity contribution in [3.05, 3.63) is 0 Å². The van der Waals surface area contributed by atoms with Crippen molar-refractivity contribution < 1.29 is 64.6 Å². The number of aliphatic hydroxyl groups excluding tert-OH is 8. The number of rotatable bonds is 46. The van der Waals surface area contributed by atoms with Gasteiger partial charge in [0.05, 0.1) is 32.0 Å². The van der Waals surface area contributed by atoms with Gasteiger partial charge in [-0.25, -0.2) is 0 Å². The highest BCUT2D eigenvalue weighted by molar-refractivity contribution is 5.76. The zero-order valence-corrected chi connectivity index (χ0v) is 43.8. The van der Waals surface area contributed by atoms with Crippen molar-refractivity contribution in [3.8, 4) is 0 Å². The maximum atomic E-state index is 13.0. The standard InChI is InChI=1S/C55H107NO13/c1-3-5-7-9-11-12-13-14-15-16-17-18-19-20-21-22-23-24-25-26-27-28-29-30-31-32-33-34-36-38-44(59)43(56-47(60)39-37-35-10-8-6-4-2)42-66-54-52(65)50(63)53(46(41-58)68-54)69-55-51(64)49(62)48(61)45(40-57)67-55/h43-46,48-55,57-59,61-65H,3-42H2,1-2H3,(H,56,60). The molecule has 0 radical (unpaired) electrons. The predicted octanol–water partition coefficient (Wildman–Crippen LogP) is 8.95. The number of unbranched alkanes of at least 4 members (excludes halogenated alkanes) is 33. The Morgan fingerprint density at radius 1 is 0.464 bits per heavy atom. The largest absolute Gasteiger partial charge is 0.394 e. The molecule has 0 aromatic carbocycles. The summed E-state index contributed by atoms with van der Waals surface area (Å²) in [4.78, 5) is 13.0. The highest BCUT2D eigenvalue weighted by Gasteiger charge is 2.51. The van der Waals surface area contributed by atoms with E-state index in [2.05, 4.69) is 19.2 Å². The van der Waals surface area contributed by atoms with Crippen LogP contribution in [0.4, 0.5) is 0 Å². The summed E-state index contributed by atoms with van der Waals surface area (Å²) >= 11 is 0. The molecule has 2 saturated heterocycles. The molecule has 14 nitrogen and oxygen atoms in total. The molecule has 0 saturated carbocycles. The zero-order chi connectivity index (χ0) is 50.3. The van der Waals surface area contributed by atoms with Crippen LogP contribution >= 0.6 is 0 Å². The van der Waals surface area contributed by atoms with E-state index >= 15 is 0 Å². The Morgan fingerprint density at radius 3 is 1.23 bits per heavy atom. The van der Waals surface area contributed by atoms with Gasteiger partial charge >= 0.3 is 0 Å². The second kappa shape index (κ2) is 42.4. The molecule has 0 aliphatic carbocycles. The molecule has 1 amide bonds. The van der Waals surface area contributed by atoms with Crippen molar-refractivity contribution in [2.24, 2.45) is 0 Å². The molecule has 2 aliphatic rings. The molecule has 12 unspecified atom stereocenters. The van der Waals surface area contributed by atoms with Gasteiger partial charge in [-0.2, -0.15) is 0 Å². The normalized spacial score (nSPS) is 26.1. The van der Waals surface area contributed by atoms with Crippen LogP contribution in [-0.4, -0.2) is 140 Å². The van der Waals surface area contributed by atoms with Crippen LogP contribution in [0.2, 0.25) is 0 Å². The molecule has 2 rings (SSSR count). The minimum Gasteiger partial charge on any atom is -0.394 e. The molecule has 0 aromatic heterocycles. The molecule has 14 heteroatoms. The Bertz CT molecular complexity index is 1170. The third kappa shape index (κ3) is 28.9. The van der Waals surface area contributed by atoms with Crippen LogP contribution in [0.15, 0.2) is 0 Å². The van der Waals surface area contributed by atoms with Crippen molar-refractivity contribution >= 4 is 5.91 Å². The van der Waals surface area contributed by atoms with Crippen molar-refractivity contribution in [1.29, 1.82) is 0 Å². The lowest BCUT2D eigenvalue weighted by Gasteiger charge is -2.46. The molecule has 2 fully saturated rings. The zero-order valence-electron chi connectivity index (χ0n) is 43.8. The number of aliphatic hydroxyl groups is 8. The lowest BCUT2D eigenvalue weighted by molar-refractivity contribution is -0.359. The number of carbonyl (C=O) groups is 1. The first kappa shape index (κ1) is 64.1. The summed E-state index contributed by atoms with van der Waals surface area (Å²) in [5.41, 5.74) is 0. The Morgan fingerprint density at radius 2 is 0.826 bits per heavy atom. The van der Waals surface area contributed by atoms with Gasteiger partial charge in [-0.15, -0.1) is 0 Å². The monoisotopic (exact) mass is 990 g/mol. The molecule has 2 aliphatic heterocycles. The van der Waals surface area contributed by atoms with Gasteiger partial charge in [0.25, 0.3) is 0 Å². The van der Waals surface area contributed by atoms with Gasteiger partial charge in [-0.1, -0.05) is 232 Å². The summed E-state index contributed by atoms with van der Waals surface area (Å²) in [6.07, 6.45) is 28.9. The summed E-state index contributed by atoms with van der Waals surface area (Å²) in [5.74, 6) is -0.213. The van der Waals surface area contributed by atoms with Gasteiger partial charge in [-0.05, 0) is 12.8 Å². The summed E-state index contributed by atoms with van der Waals surface area (Å²) in [5, 5.41) is 86.7. The van der Waals surface area contributed by atoms with Gasteiger partial charge in [0.2, 0.25) is 5.91 Å². The van der Waals surface area contributed by atoms with E-state index in [0.717, 1.165) is 57.8 Å². The molecule has 69 heavy (non-hydrogen) atoms. The third-order valence-electron chi connectivity index (χ3n) is 14.6. The van der Waals surface area contributed by atoms with Crippen LogP contribution in [0.1, 0.15) is 251 Å². The Kier molecular flexibility index (Phi) is 39.4. The minimum absolute atomic E-state index is 0.213. The first-order chi connectivity index (χ1) is 33.6. The average Bonchev–Trinajstić information content (AvgIpc) is 3.35. The van der Waals surface area contributed by atoms with Gasteiger partial charge in [-0.3, -0.25) is 4.79 Å². The highest BCUT2D eigenvalue weighted by Crippen LogP contribution is 2.30. The second-order valence-corrected chi connectivity index (χ2v) is 20.8. The van der Waals surface area contributed by atoms with E-state index in [4.69, 9.17) is 18.9 Å². The maximum Gasteiger partial charge on any atom is 0.220 e. The van der Waals surface area contributed by atoms with E-state index in [0.29, 0.717) is 12.8 Å². The third-order valence-corrected chi connectivity index (χ3v) is 14.6. The lowest BCUT2D eigenvalue weighted by atomic mass is 9.97. The smallest absolute Gasteiger partial charge is 0.220 e. The fraction of sp³-hybridized carbons (Fsp3) is 0.982. The van der Waals surface area contributed by atoms with Gasteiger partial charge < -0.3 is 65.1 Å². The number of nitrogens with one attached hydrogen (secondary N) is 1. The van der Waals surface area contributed by atoms with Gasteiger partial charge in [0.15, 0.2) is 12.6 Å². The van der Waals surface area contributed by atoms with Crippen molar-refractivity contribution in [3.63, 3.8) is 0 Å². The summed E-state index contributed by atoms with van der Waals surface area (Å²) < 4.78 is 22.7. The minimum atomic E-state index is -1.78. The van der Waals surface area contributed by atoms with Crippen molar-refractivity contribution in [2.75, 3.05) is 19.8 Å². The average molecular weight is 990 g/mol. The van der Waals surface area contributed by atoms with Crippen LogP contribution in [0.5, 0.6) is 0 Å². The van der Waals surface area contributed by atoms with E-state index in [1.165, 1.54) is 167 Å². The number of hydrogen-bond acceptors (Lipinski definition) is 13. The SMILES string of the molecule is CCCCCCCCCCCCCCCCCCCCCCCCCCCCCCCC(O)C(COC1OC(CO)C(OC2OC(CO)C(O)C(O)C2O)C(O)C1O)NC(=O)CCCCCCCC. The van der Waals surface area contributed by atoms with E-state index in [1.54, 1.807) is 0 Å². The molecule has 0 bridgehead atoms. The maximum absolute atomic E-state index is 13.0. The molecule has 9 N–H and O–H groups in total. The molecule has 12 atom stereocenters. The molecule has 0 spiro atoms. The Balaban J connectivity index is 1.60. The summed E-state index contributed by atoms with van der Waals surface area (Å²) in [6, 6.07) is -0.819. The quantitative estimate of drug-likeness (QED) is 0.0260. The lowest BCUT2D eigenvalue weighted by Crippen LogP contribution is -2.65. The number of ether oxygens (including phenoxy) is 4.